The summed E-state index contributed by atoms with van der Waals surface area (Å²) >= 11 is 0. The van der Waals surface area contributed by atoms with E-state index in [1.807, 2.05) is 0 Å². The number of hydrogen-bond donors (Lipinski definition) is 7. The number of aliphatic hydroxyl groups excluding tert-OH is 2. The van der Waals surface area contributed by atoms with Crippen LogP contribution in [0, 0.1) is 0 Å². The van der Waals surface area contributed by atoms with Crippen molar-refractivity contribution in [2.75, 3.05) is 24.7 Å². The molecule has 8 atom stereocenters. The van der Waals surface area contributed by atoms with Crippen LogP contribution < -0.4 is 11.5 Å². The molecular formula is C20H27N10O14P3. The van der Waals surface area contributed by atoms with E-state index < -0.39 is 73.6 Å². The van der Waals surface area contributed by atoms with Gasteiger partial charge in [0.05, 0.1) is 38.1 Å². The van der Waals surface area contributed by atoms with E-state index in [2.05, 4.69) is 47.6 Å². The number of nitrogen functional groups attached to an aromatic ring is 2. The summed E-state index contributed by atoms with van der Waals surface area (Å²) in [6.07, 6.45) is -1.65. The van der Waals surface area contributed by atoms with Gasteiger partial charge in [0.1, 0.15) is 48.4 Å². The molecule has 0 aromatic carbocycles. The summed E-state index contributed by atoms with van der Waals surface area (Å²) in [5.74, 6) is 0.220. The van der Waals surface area contributed by atoms with Gasteiger partial charge >= 0.3 is 23.5 Å². The topological polar surface area (TPSA) is 347 Å². The maximum atomic E-state index is 12.4. The van der Waals surface area contributed by atoms with Crippen LogP contribution in [-0.4, -0.2) is 102 Å². The molecule has 47 heavy (non-hydrogen) atoms. The van der Waals surface area contributed by atoms with E-state index in [0.717, 1.165) is 0 Å². The molecule has 27 heteroatoms. The number of imidazole rings is 2. The van der Waals surface area contributed by atoms with E-state index in [-0.39, 0.29) is 35.5 Å². The smallest absolute Gasteiger partial charge is 0.390 e. The molecule has 256 valence electrons. The zero-order chi connectivity index (χ0) is 33.7. The third-order valence-electron chi connectivity index (χ3n) is 7.02. The van der Waals surface area contributed by atoms with Crippen molar-refractivity contribution in [3.63, 3.8) is 0 Å². The SMILES string of the molecule is Nc1ncnc2c1ncn2[C@H]1C[C@H](O)[C@@H](COP(=O)(O)OP(=O)(O)OP(=O)(O)OC[C@H]2O[C@@H](n3cnc4c(N)ncnc43)C[C@@H]2O)O1. The molecule has 6 rings (SSSR count). The Kier molecular flexibility index (Phi) is 9.19. The second-order valence-corrected chi connectivity index (χ2v) is 14.8. The van der Waals surface area contributed by atoms with Gasteiger partial charge in [-0.1, -0.05) is 0 Å². The number of rotatable bonds is 12. The Balaban J connectivity index is 1.000. The molecule has 24 nitrogen and oxygen atoms in total. The van der Waals surface area contributed by atoms with Crippen LogP contribution in [0.1, 0.15) is 25.3 Å². The number of nitrogens with zero attached hydrogens (tertiary/aromatic N) is 8. The molecule has 2 unspecified atom stereocenters. The Hall–Kier alpha value is -3.05. The van der Waals surface area contributed by atoms with Crippen LogP contribution in [0.4, 0.5) is 11.6 Å². The summed E-state index contributed by atoms with van der Waals surface area (Å²) in [4.78, 5) is 53.9. The molecule has 0 spiro atoms. The molecule has 0 radical (unpaired) electrons. The standard InChI is InChI=1S/C20H27N10O14P3/c21-17-15-19(25-5-23-17)29(7-27-15)13-1-9(31)11(41-13)3-39-45(33,34)43-47(37,38)44-46(35,36)40-4-12-10(32)2-14(42-12)30-8-28-16-18(22)24-6-26-20(16)30/h5-14,31-32H,1-4H2,(H,33,34)(H,35,36)(H,37,38)(H2,21,23,25)(H2,22,24,26)/t9-,10-,11+,12+,13+,14+/m0/s1. The minimum Gasteiger partial charge on any atom is -0.390 e. The average molecular weight is 724 g/mol. The predicted molar refractivity (Wildman–Crippen MR) is 152 cm³/mol. The molecule has 6 heterocycles. The van der Waals surface area contributed by atoms with Crippen molar-refractivity contribution in [1.29, 1.82) is 0 Å². The van der Waals surface area contributed by atoms with Crippen molar-refractivity contribution in [3.05, 3.63) is 25.3 Å². The number of phosphoric acid groups is 3. The minimum atomic E-state index is -5.82. The monoisotopic (exact) mass is 724 g/mol. The lowest BCUT2D eigenvalue weighted by Gasteiger charge is -2.21. The number of hydrogen-bond acceptors (Lipinski definition) is 19. The Bertz CT molecular complexity index is 1800. The lowest BCUT2D eigenvalue weighted by Crippen LogP contribution is -2.26. The number of phosphoric ester groups is 2. The Morgan fingerprint density at radius 2 is 1.11 bits per heavy atom. The van der Waals surface area contributed by atoms with Crippen LogP contribution in [0.3, 0.4) is 0 Å². The molecule has 2 fully saturated rings. The number of nitrogens with two attached hydrogens (primary N) is 2. The van der Waals surface area contributed by atoms with E-state index in [9.17, 15) is 38.6 Å². The van der Waals surface area contributed by atoms with Crippen LogP contribution in [0.25, 0.3) is 22.3 Å². The van der Waals surface area contributed by atoms with Gasteiger partial charge in [-0.2, -0.15) is 8.62 Å². The first-order valence-electron chi connectivity index (χ1n) is 13.3. The van der Waals surface area contributed by atoms with Gasteiger partial charge in [-0.25, -0.2) is 43.6 Å². The third kappa shape index (κ3) is 7.36. The lowest BCUT2D eigenvalue weighted by molar-refractivity contribution is -0.0434. The molecule has 0 bridgehead atoms. The summed E-state index contributed by atoms with van der Waals surface area (Å²) < 4.78 is 68.9. The van der Waals surface area contributed by atoms with E-state index in [0.29, 0.717) is 11.3 Å². The third-order valence-corrected chi connectivity index (χ3v) is 11.3. The number of aliphatic hydroxyl groups is 2. The van der Waals surface area contributed by atoms with Crippen molar-refractivity contribution in [3.8, 4) is 0 Å². The van der Waals surface area contributed by atoms with Crippen LogP contribution in [-0.2, 0) is 40.8 Å². The summed E-state index contributed by atoms with van der Waals surface area (Å²) in [5.41, 5.74) is 12.7. The largest absolute Gasteiger partial charge is 0.490 e. The molecular weight excluding hydrogens is 697 g/mol. The van der Waals surface area contributed by atoms with Gasteiger partial charge in [0.15, 0.2) is 22.9 Å². The summed E-state index contributed by atoms with van der Waals surface area (Å²) in [6, 6.07) is 0. The van der Waals surface area contributed by atoms with Crippen LogP contribution in [0.2, 0.25) is 0 Å². The maximum absolute atomic E-state index is 12.4. The second-order valence-electron chi connectivity index (χ2n) is 10.2. The van der Waals surface area contributed by atoms with Crippen LogP contribution >= 0.6 is 23.5 Å². The van der Waals surface area contributed by atoms with Crippen molar-refractivity contribution in [1.82, 2.24) is 39.0 Å². The van der Waals surface area contributed by atoms with Crippen molar-refractivity contribution >= 4 is 57.4 Å². The molecule has 0 amide bonds. The molecule has 2 saturated heterocycles. The van der Waals surface area contributed by atoms with E-state index >= 15 is 0 Å². The number of aromatic nitrogens is 8. The average Bonchev–Trinajstić information content (AvgIpc) is 3.75. The molecule has 2 aliphatic heterocycles. The lowest BCUT2D eigenvalue weighted by atomic mass is 10.2. The van der Waals surface area contributed by atoms with Gasteiger partial charge in [0, 0.05) is 12.8 Å². The molecule has 9 N–H and O–H groups in total. The quantitative estimate of drug-likeness (QED) is 0.0905. The first-order chi connectivity index (χ1) is 22.1. The van der Waals surface area contributed by atoms with Gasteiger partial charge in [0.25, 0.3) is 0 Å². The molecule has 2 aliphatic rings. The zero-order valence-electron chi connectivity index (χ0n) is 23.6. The molecule has 4 aromatic heterocycles. The van der Waals surface area contributed by atoms with Gasteiger partial charge in [-0.3, -0.25) is 18.2 Å². The molecule has 0 saturated carbocycles. The Morgan fingerprint density at radius 1 is 0.702 bits per heavy atom. The zero-order valence-corrected chi connectivity index (χ0v) is 26.3. The molecule has 4 aromatic rings. The summed E-state index contributed by atoms with van der Waals surface area (Å²) in [7, 11) is -16.8. The minimum absolute atomic E-state index is 0.0331. The van der Waals surface area contributed by atoms with Crippen LogP contribution in [0.5, 0.6) is 0 Å². The van der Waals surface area contributed by atoms with E-state index in [1.54, 1.807) is 0 Å². The van der Waals surface area contributed by atoms with E-state index in [1.165, 1.54) is 34.4 Å². The highest BCUT2D eigenvalue weighted by Gasteiger charge is 2.45. The first kappa shape index (κ1) is 33.8. The van der Waals surface area contributed by atoms with Crippen molar-refractivity contribution in [2.24, 2.45) is 0 Å². The summed E-state index contributed by atoms with van der Waals surface area (Å²) in [6.45, 7) is -1.66. The van der Waals surface area contributed by atoms with Crippen molar-refractivity contribution in [2.45, 2.75) is 49.7 Å². The number of ether oxygens (including phenoxy) is 2. The highest BCUT2D eigenvalue weighted by molar-refractivity contribution is 7.66. The fourth-order valence-corrected chi connectivity index (χ4v) is 8.41. The fraction of sp³-hybridized carbons (Fsp3) is 0.500. The number of anilines is 2. The van der Waals surface area contributed by atoms with E-state index in [4.69, 9.17) is 20.9 Å². The normalized spacial score (nSPS) is 28.8. The Labute approximate surface area is 262 Å². The maximum Gasteiger partial charge on any atom is 0.490 e. The van der Waals surface area contributed by atoms with Gasteiger partial charge in [-0.15, -0.1) is 0 Å². The highest BCUT2D eigenvalue weighted by atomic mass is 31.3. The number of fused-ring (bicyclic) bond motifs is 2. The Morgan fingerprint density at radius 3 is 1.51 bits per heavy atom. The predicted octanol–water partition coefficient (Wildman–Crippen LogP) is -0.505. The highest BCUT2D eigenvalue weighted by Crippen LogP contribution is 2.67. The van der Waals surface area contributed by atoms with Crippen molar-refractivity contribution < 1.29 is 65.7 Å². The van der Waals surface area contributed by atoms with Gasteiger partial charge in [0.2, 0.25) is 0 Å². The second kappa shape index (κ2) is 12.8. The fourth-order valence-electron chi connectivity index (χ4n) is 4.89. The van der Waals surface area contributed by atoms with Crippen LogP contribution in [0.15, 0.2) is 25.3 Å². The first-order valence-corrected chi connectivity index (χ1v) is 17.8. The van der Waals surface area contributed by atoms with Gasteiger partial charge in [-0.05, 0) is 0 Å². The summed E-state index contributed by atoms with van der Waals surface area (Å²) in [5, 5.41) is 20.8. The molecule has 0 aliphatic carbocycles. The van der Waals surface area contributed by atoms with Gasteiger partial charge < -0.3 is 45.8 Å².